The maximum atomic E-state index is 12.0. The standard InChI is InChI=1S/C17H15N3O6/c1-24-14-6-11(7-15-17(14)26-10-25-15)9-18-19-16(21)8-12-4-2-3-5-13(12)20(22)23/h2-7,9H,8,10H2,1H3,(H,19,21)/b18-9+. The maximum absolute atomic E-state index is 12.0. The summed E-state index contributed by atoms with van der Waals surface area (Å²) in [5.41, 5.74) is 3.19. The molecule has 0 radical (unpaired) electrons. The topological polar surface area (TPSA) is 112 Å². The summed E-state index contributed by atoms with van der Waals surface area (Å²) in [6.07, 6.45) is 1.26. The number of fused-ring (bicyclic) bond motifs is 1. The zero-order valence-electron chi connectivity index (χ0n) is 13.8. The summed E-state index contributed by atoms with van der Waals surface area (Å²) in [6, 6.07) is 9.45. The molecule has 1 amide bonds. The van der Waals surface area contributed by atoms with Crippen molar-refractivity contribution in [3.63, 3.8) is 0 Å². The minimum atomic E-state index is -0.523. The van der Waals surface area contributed by atoms with Gasteiger partial charge in [0.05, 0.1) is 24.7 Å². The normalized spacial score (nSPS) is 12.2. The maximum Gasteiger partial charge on any atom is 0.273 e. The van der Waals surface area contributed by atoms with Crippen LogP contribution in [0.4, 0.5) is 5.69 Å². The Balaban J connectivity index is 1.66. The lowest BCUT2D eigenvalue weighted by molar-refractivity contribution is -0.385. The van der Waals surface area contributed by atoms with E-state index < -0.39 is 10.8 Å². The molecule has 0 aliphatic carbocycles. The van der Waals surface area contributed by atoms with Crippen molar-refractivity contribution in [1.29, 1.82) is 0 Å². The van der Waals surface area contributed by atoms with Gasteiger partial charge in [0.2, 0.25) is 18.4 Å². The fourth-order valence-electron chi connectivity index (χ4n) is 2.45. The van der Waals surface area contributed by atoms with Gasteiger partial charge in [-0.3, -0.25) is 14.9 Å². The van der Waals surface area contributed by atoms with Crippen LogP contribution >= 0.6 is 0 Å². The molecule has 0 fully saturated rings. The number of methoxy groups -OCH3 is 1. The van der Waals surface area contributed by atoms with Gasteiger partial charge < -0.3 is 14.2 Å². The Bertz CT molecular complexity index is 881. The van der Waals surface area contributed by atoms with E-state index in [2.05, 4.69) is 10.5 Å². The number of amides is 1. The molecule has 1 heterocycles. The van der Waals surface area contributed by atoms with Crippen LogP contribution in [-0.2, 0) is 11.2 Å². The van der Waals surface area contributed by atoms with Crippen LogP contribution in [0.15, 0.2) is 41.5 Å². The molecule has 1 aliphatic rings. The zero-order chi connectivity index (χ0) is 18.5. The molecule has 9 nitrogen and oxygen atoms in total. The van der Waals surface area contributed by atoms with Crippen molar-refractivity contribution in [3.8, 4) is 17.2 Å². The number of nitrogens with zero attached hydrogens (tertiary/aromatic N) is 2. The number of carbonyl (C=O) groups is 1. The molecule has 0 spiro atoms. The van der Waals surface area contributed by atoms with Gasteiger partial charge in [-0.25, -0.2) is 5.43 Å². The fourth-order valence-corrected chi connectivity index (χ4v) is 2.45. The molecule has 26 heavy (non-hydrogen) atoms. The van der Waals surface area contributed by atoms with Crippen molar-refractivity contribution in [1.82, 2.24) is 5.43 Å². The average Bonchev–Trinajstić information content (AvgIpc) is 3.10. The second-order valence-corrected chi connectivity index (χ2v) is 5.31. The number of carbonyl (C=O) groups excluding carboxylic acids is 1. The summed E-state index contributed by atoms with van der Waals surface area (Å²) < 4.78 is 15.8. The lowest BCUT2D eigenvalue weighted by Gasteiger charge is -2.05. The van der Waals surface area contributed by atoms with Gasteiger partial charge in [-0.1, -0.05) is 18.2 Å². The van der Waals surface area contributed by atoms with Gasteiger partial charge in [0.1, 0.15) is 0 Å². The second-order valence-electron chi connectivity index (χ2n) is 5.31. The molecule has 134 valence electrons. The Hall–Kier alpha value is -3.62. The number of hydrazone groups is 1. The summed E-state index contributed by atoms with van der Waals surface area (Å²) in [7, 11) is 1.51. The first-order valence-corrected chi connectivity index (χ1v) is 7.60. The molecular formula is C17H15N3O6. The molecule has 1 N–H and O–H groups in total. The Labute approximate surface area is 148 Å². The Kier molecular flexibility index (Phi) is 4.97. The second kappa shape index (κ2) is 7.51. The molecule has 2 aromatic carbocycles. The number of benzene rings is 2. The van der Waals surface area contributed by atoms with Gasteiger partial charge >= 0.3 is 0 Å². The fraction of sp³-hybridized carbons (Fsp3) is 0.176. The average molecular weight is 357 g/mol. The molecule has 0 unspecified atom stereocenters. The van der Waals surface area contributed by atoms with E-state index in [1.54, 1.807) is 24.3 Å². The minimum absolute atomic E-state index is 0.105. The third-order valence-electron chi connectivity index (χ3n) is 3.62. The lowest BCUT2D eigenvalue weighted by Crippen LogP contribution is -2.20. The van der Waals surface area contributed by atoms with Crippen molar-refractivity contribution in [3.05, 3.63) is 57.6 Å². The first-order chi connectivity index (χ1) is 12.6. The highest BCUT2D eigenvalue weighted by atomic mass is 16.7. The predicted octanol–water partition coefficient (Wildman–Crippen LogP) is 2.02. The lowest BCUT2D eigenvalue weighted by atomic mass is 10.1. The summed E-state index contributed by atoms with van der Waals surface area (Å²) in [5, 5.41) is 14.8. The van der Waals surface area contributed by atoms with E-state index in [1.165, 1.54) is 25.5 Å². The summed E-state index contributed by atoms with van der Waals surface area (Å²) in [6.45, 7) is 0.110. The van der Waals surface area contributed by atoms with Crippen molar-refractivity contribution in [2.75, 3.05) is 13.9 Å². The van der Waals surface area contributed by atoms with Crippen LogP contribution in [-0.4, -0.2) is 30.9 Å². The molecule has 2 aromatic rings. The van der Waals surface area contributed by atoms with Crippen LogP contribution in [0.5, 0.6) is 17.2 Å². The molecular weight excluding hydrogens is 342 g/mol. The van der Waals surface area contributed by atoms with Crippen LogP contribution in [0.1, 0.15) is 11.1 Å². The van der Waals surface area contributed by atoms with Crippen LogP contribution in [0.3, 0.4) is 0 Å². The Morgan fingerprint density at radius 1 is 1.38 bits per heavy atom. The molecule has 9 heteroatoms. The molecule has 1 aliphatic heterocycles. The summed E-state index contributed by atoms with van der Waals surface area (Å²) >= 11 is 0. The predicted molar refractivity (Wildman–Crippen MR) is 91.7 cm³/mol. The molecule has 0 saturated heterocycles. The number of hydrogen-bond donors (Lipinski definition) is 1. The van der Waals surface area contributed by atoms with Crippen LogP contribution in [0, 0.1) is 10.1 Å². The first kappa shape index (κ1) is 17.2. The quantitative estimate of drug-likeness (QED) is 0.481. The highest BCUT2D eigenvalue weighted by molar-refractivity contribution is 5.85. The van der Waals surface area contributed by atoms with E-state index in [4.69, 9.17) is 14.2 Å². The smallest absolute Gasteiger partial charge is 0.273 e. The third-order valence-corrected chi connectivity index (χ3v) is 3.62. The monoisotopic (exact) mass is 357 g/mol. The molecule has 0 aromatic heterocycles. The Morgan fingerprint density at radius 2 is 2.19 bits per heavy atom. The molecule has 0 atom stereocenters. The van der Waals surface area contributed by atoms with E-state index >= 15 is 0 Å². The van der Waals surface area contributed by atoms with Gasteiger partial charge in [0.25, 0.3) is 5.69 Å². The van der Waals surface area contributed by atoms with Gasteiger partial charge in [-0.05, 0) is 12.1 Å². The highest BCUT2D eigenvalue weighted by Gasteiger charge is 2.19. The van der Waals surface area contributed by atoms with E-state index in [0.717, 1.165) is 0 Å². The largest absolute Gasteiger partial charge is 0.493 e. The number of ether oxygens (including phenoxy) is 3. The molecule has 3 rings (SSSR count). The summed E-state index contributed by atoms with van der Waals surface area (Å²) in [4.78, 5) is 22.4. The number of rotatable bonds is 6. The van der Waals surface area contributed by atoms with Gasteiger partial charge in [-0.15, -0.1) is 0 Å². The van der Waals surface area contributed by atoms with Gasteiger partial charge in [-0.2, -0.15) is 5.10 Å². The number of para-hydroxylation sites is 1. The summed E-state index contributed by atoms with van der Waals surface area (Å²) in [5.74, 6) is 1.07. The minimum Gasteiger partial charge on any atom is -0.493 e. The number of nitrogens with one attached hydrogen (secondary N) is 1. The van der Waals surface area contributed by atoms with Crippen molar-refractivity contribution in [2.45, 2.75) is 6.42 Å². The van der Waals surface area contributed by atoms with Crippen LogP contribution in [0.2, 0.25) is 0 Å². The Morgan fingerprint density at radius 3 is 2.96 bits per heavy atom. The SMILES string of the molecule is COc1cc(/C=N/NC(=O)Cc2ccccc2[N+](=O)[O-])cc2c1OCO2. The van der Waals surface area contributed by atoms with E-state index in [0.29, 0.717) is 28.4 Å². The highest BCUT2D eigenvalue weighted by Crippen LogP contribution is 2.41. The van der Waals surface area contributed by atoms with Crippen LogP contribution in [0.25, 0.3) is 0 Å². The number of hydrogen-bond acceptors (Lipinski definition) is 7. The third kappa shape index (κ3) is 3.72. The number of nitro benzene ring substituents is 1. The van der Waals surface area contributed by atoms with Crippen molar-refractivity contribution >= 4 is 17.8 Å². The first-order valence-electron chi connectivity index (χ1n) is 7.60. The van der Waals surface area contributed by atoms with Crippen LogP contribution < -0.4 is 19.6 Å². The zero-order valence-corrected chi connectivity index (χ0v) is 13.8. The van der Waals surface area contributed by atoms with Crippen molar-refractivity contribution in [2.24, 2.45) is 5.10 Å². The molecule has 0 saturated carbocycles. The van der Waals surface area contributed by atoms with Crippen molar-refractivity contribution < 1.29 is 23.9 Å². The van der Waals surface area contributed by atoms with E-state index in [-0.39, 0.29) is 18.9 Å². The van der Waals surface area contributed by atoms with E-state index in [9.17, 15) is 14.9 Å². The number of nitro groups is 1. The van der Waals surface area contributed by atoms with E-state index in [1.807, 2.05) is 0 Å². The molecule has 0 bridgehead atoms. The van der Waals surface area contributed by atoms with Gasteiger partial charge in [0.15, 0.2) is 11.5 Å². The van der Waals surface area contributed by atoms with Gasteiger partial charge in [0, 0.05) is 17.2 Å².